The second-order valence-electron chi connectivity index (χ2n) is 5.00. The van der Waals surface area contributed by atoms with E-state index >= 15 is 0 Å². The third-order valence-electron chi connectivity index (χ3n) is 3.66. The molecule has 1 saturated heterocycles. The Morgan fingerprint density at radius 1 is 1.25 bits per heavy atom. The van der Waals surface area contributed by atoms with Crippen LogP contribution in [0.2, 0.25) is 0 Å². The molecule has 2 N–H and O–H groups in total. The van der Waals surface area contributed by atoms with Gasteiger partial charge in [0.1, 0.15) is 0 Å². The first-order valence-electron chi connectivity index (χ1n) is 6.60. The number of hydrogen-bond donors (Lipinski definition) is 1. The number of nitrogens with zero attached hydrogens (tertiary/aromatic N) is 1. The highest BCUT2D eigenvalue weighted by molar-refractivity contribution is 9.11. The van der Waals surface area contributed by atoms with Crippen LogP contribution in [0.25, 0.3) is 0 Å². The van der Waals surface area contributed by atoms with Crippen LogP contribution in [0.3, 0.4) is 0 Å². The van der Waals surface area contributed by atoms with Crippen molar-refractivity contribution in [1.29, 1.82) is 0 Å². The minimum absolute atomic E-state index is 0.331. The maximum atomic E-state index is 12.6. The molecule has 0 bridgehead atoms. The SMILES string of the molecule is NCCC1CCN(S(=O)(=O)c2ccc(Br)cc2Br)CC1. The predicted octanol–water partition coefficient (Wildman–Crippen LogP) is 2.96. The zero-order valence-corrected chi connectivity index (χ0v) is 15.0. The highest BCUT2D eigenvalue weighted by Gasteiger charge is 2.30. The molecule has 1 fully saturated rings. The van der Waals surface area contributed by atoms with E-state index in [4.69, 9.17) is 5.73 Å². The van der Waals surface area contributed by atoms with Gasteiger partial charge in [0, 0.05) is 22.0 Å². The largest absolute Gasteiger partial charge is 0.330 e. The Bertz CT molecular complexity index is 570. The van der Waals surface area contributed by atoms with Gasteiger partial charge in [0.05, 0.1) is 4.90 Å². The van der Waals surface area contributed by atoms with Crippen molar-refractivity contribution in [3.8, 4) is 0 Å². The Balaban J connectivity index is 2.15. The smallest absolute Gasteiger partial charge is 0.244 e. The van der Waals surface area contributed by atoms with E-state index in [0.29, 0.717) is 34.9 Å². The van der Waals surface area contributed by atoms with Crippen molar-refractivity contribution >= 4 is 41.9 Å². The predicted molar refractivity (Wildman–Crippen MR) is 87.0 cm³/mol. The fourth-order valence-corrected chi connectivity index (χ4v) is 5.67. The van der Waals surface area contributed by atoms with Gasteiger partial charge in [0.2, 0.25) is 10.0 Å². The van der Waals surface area contributed by atoms with Gasteiger partial charge in [-0.05, 0) is 65.9 Å². The standard InChI is InChI=1S/C13H18Br2N2O2S/c14-11-1-2-13(12(15)9-11)20(18,19)17-7-4-10(3-6-16)5-8-17/h1-2,9-10H,3-8,16H2. The summed E-state index contributed by atoms with van der Waals surface area (Å²) in [4.78, 5) is 0.331. The molecule has 7 heteroatoms. The van der Waals surface area contributed by atoms with Crippen LogP contribution in [0.4, 0.5) is 0 Å². The summed E-state index contributed by atoms with van der Waals surface area (Å²) in [5.41, 5.74) is 5.56. The van der Waals surface area contributed by atoms with Gasteiger partial charge in [-0.15, -0.1) is 0 Å². The average molecular weight is 426 g/mol. The summed E-state index contributed by atoms with van der Waals surface area (Å²) in [6, 6.07) is 5.14. The van der Waals surface area contributed by atoms with Crippen molar-refractivity contribution in [2.24, 2.45) is 11.7 Å². The minimum atomic E-state index is -3.41. The van der Waals surface area contributed by atoms with Crippen LogP contribution >= 0.6 is 31.9 Å². The minimum Gasteiger partial charge on any atom is -0.330 e. The van der Waals surface area contributed by atoms with Gasteiger partial charge in [-0.2, -0.15) is 4.31 Å². The molecule has 0 spiro atoms. The Labute approximate surface area is 137 Å². The Morgan fingerprint density at radius 2 is 1.90 bits per heavy atom. The fraction of sp³-hybridized carbons (Fsp3) is 0.538. The van der Waals surface area contributed by atoms with Crippen molar-refractivity contribution in [1.82, 2.24) is 4.31 Å². The number of piperidine rings is 1. The highest BCUT2D eigenvalue weighted by atomic mass is 79.9. The zero-order chi connectivity index (χ0) is 14.8. The van der Waals surface area contributed by atoms with E-state index in [1.54, 1.807) is 22.5 Å². The van der Waals surface area contributed by atoms with E-state index in [1.165, 1.54) is 0 Å². The summed E-state index contributed by atoms with van der Waals surface area (Å²) in [6.45, 7) is 1.83. The first kappa shape index (κ1) is 16.4. The second kappa shape index (κ2) is 6.87. The van der Waals surface area contributed by atoms with E-state index in [0.717, 1.165) is 23.7 Å². The molecule has 0 saturated carbocycles. The quantitative estimate of drug-likeness (QED) is 0.806. The third kappa shape index (κ3) is 3.62. The number of benzene rings is 1. The molecule has 0 amide bonds. The number of sulfonamides is 1. The monoisotopic (exact) mass is 424 g/mol. The normalized spacial score (nSPS) is 18.4. The molecule has 0 aliphatic carbocycles. The molecular weight excluding hydrogens is 408 g/mol. The summed E-state index contributed by atoms with van der Waals surface area (Å²) < 4.78 is 28.3. The number of hydrogen-bond acceptors (Lipinski definition) is 3. The Hall–Kier alpha value is 0.0500. The lowest BCUT2D eigenvalue weighted by molar-refractivity contribution is 0.265. The molecule has 4 nitrogen and oxygen atoms in total. The van der Waals surface area contributed by atoms with E-state index in [9.17, 15) is 8.42 Å². The number of nitrogens with two attached hydrogens (primary N) is 1. The molecule has 1 heterocycles. The first-order chi connectivity index (χ1) is 9.45. The molecule has 1 aromatic rings. The summed E-state index contributed by atoms with van der Waals surface area (Å²) in [5.74, 6) is 0.555. The van der Waals surface area contributed by atoms with E-state index in [-0.39, 0.29) is 0 Å². The molecule has 0 radical (unpaired) electrons. The van der Waals surface area contributed by atoms with E-state index in [1.807, 2.05) is 0 Å². The fourth-order valence-electron chi connectivity index (χ4n) is 2.50. The summed E-state index contributed by atoms with van der Waals surface area (Å²) in [5, 5.41) is 0. The van der Waals surface area contributed by atoms with Gasteiger partial charge in [-0.25, -0.2) is 8.42 Å². The van der Waals surface area contributed by atoms with Crippen LogP contribution in [-0.2, 0) is 10.0 Å². The maximum Gasteiger partial charge on any atom is 0.244 e. The summed E-state index contributed by atoms with van der Waals surface area (Å²) in [7, 11) is -3.41. The molecule has 1 aliphatic heterocycles. The van der Waals surface area contributed by atoms with Crippen LogP contribution < -0.4 is 5.73 Å². The number of halogens is 2. The van der Waals surface area contributed by atoms with Crippen LogP contribution in [0, 0.1) is 5.92 Å². The number of rotatable bonds is 4. The maximum absolute atomic E-state index is 12.6. The lowest BCUT2D eigenvalue weighted by atomic mass is 9.95. The topological polar surface area (TPSA) is 63.4 Å². The molecule has 20 heavy (non-hydrogen) atoms. The third-order valence-corrected chi connectivity index (χ3v) is 7.03. The average Bonchev–Trinajstić information content (AvgIpc) is 2.39. The van der Waals surface area contributed by atoms with Gasteiger partial charge in [-0.3, -0.25) is 0 Å². The van der Waals surface area contributed by atoms with Crippen LogP contribution in [0.5, 0.6) is 0 Å². The van der Waals surface area contributed by atoms with Gasteiger partial charge in [0.25, 0.3) is 0 Å². The van der Waals surface area contributed by atoms with Gasteiger partial charge >= 0.3 is 0 Å². The van der Waals surface area contributed by atoms with Crippen molar-refractivity contribution in [3.05, 3.63) is 27.1 Å². The first-order valence-corrected chi connectivity index (χ1v) is 9.63. The van der Waals surface area contributed by atoms with Gasteiger partial charge < -0.3 is 5.73 Å². The van der Waals surface area contributed by atoms with Crippen molar-refractivity contribution in [2.45, 2.75) is 24.2 Å². The van der Waals surface area contributed by atoms with E-state index < -0.39 is 10.0 Å². The van der Waals surface area contributed by atoms with Crippen molar-refractivity contribution < 1.29 is 8.42 Å². The van der Waals surface area contributed by atoms with Crippen LogP contribution in [0.1, 0.15) is 19.3 Å². The van der Waals surface area contributed by atoms with Crippen molar-refractivity contribution in [2.75, 3.05) is 19.6 Å². The molecule has 1 aromatic carbocycles. The van der Waals surface area contributed by atoms with Gasteiger partial charge in [0.15, 0.2) is 0 Å². The van der Waals surface area contributed by atoms with Gasteiger partial charge in [-0.1, -0.05) is 15.9 Å². The summed E-state index contributed by atoms with van der Waals surface area (Å²) >= 11 is 6.67. The molecule has 112 valence electrons. The molecule has 0 unspecified atom stereocenters. The Morgan fingerprint density at radius 3 is 2.45 bits per heavy atom. The van der Waals surface area contributed by atoms with Crippen LogP contribution in [-0.4, -0.2) is 32.4 Å². The second-order valence-corrected chi connectivity index (χ2v) is 8.68. The highest BCUT2D eigenvalue weighted by Crippen LogP contribution is 2.30. The summed E-state index contributed by atoms with van der Waals surface area (Å²) in [6.07, 6.45) is 2.77. The Kier molecular flexibility index (Phi) is 5.64. The van der Waals surface area contributed by atoms with Crippen molar-refractivity contribution in [3.63, 3.8) is 0 Å². The lowest BCUT2D eigenvalue weighted by Crippen LogP contribution is -2.38. The molecule has 1 aliphatic rings. The molecule has 0 aromatic heterocycles. The molecule has 2 rings (SSSR count). The zero-order valence-electron chi connectivity index (χ0n) is 11.1. The van der Waals surface area contributed by atoms with Crippen LogP contribution in [0.15, 0.2) is 32.0 Å². The lowest BCUT2D eigenvalue weighted by Gasteiger charge is -2.31. The molecule has 0 atom stereocenters. The van der Waals surface area contributed by atoms with E-state index in [2.05, 4.69) is 31.9 Å². The molecular formula is C13H18Br2N2O2S.